The number of aryl methyl sites for hydroxylation is 2. The summed E-state index contributed by atoms with van der Waals surface area (Å²) in [7, 11) is 1.97. The minimum Gasteiger partial charge on any atom is -0.315 e. The van der Waals surface area contributed by atoms with Crippen molar-refractivity contribution < 1.29 is 0 Å². The molecule has 4 heteroatoms. The molecule has 2 rings (SSSR count). The van der Waals surface area contributed by atoms with Gasteiger partial charge in [0.25, 0.3) is 0 Å². The van der Waals surface area contributed by atoms with Gasteiger partial charge in [0.2, 0.25) is 0 Å². The van der Waals surface area contributed by atoms with E-state index in [1.165, 1.54) is 16.1 Å². The van der Waals surface area contributed by atoms with E-state index in [-0.39, 0.29) is 0 Å². The van der Waals surface area contributed by atoms with Crippen molar-refractivity contribution in [3.05, 3.63) is 34.5 Å². The van der Waals surface area contributed by atoms with Gasteiger partial charge in [-0.3, -0.25) is 4.98 Å². The molecule has 0 saturated heterocycles. The summed E-state index contributed by atoms with van der Waals surface area (Å²) in [5.41, 5.74) is 3.43. The highest BCUT2D eigenvalue weighted by atomic mass is 32.1. The van der Waals surface area contributed by atoms with Gasteiger partial charge >= 0.3 is 0 Å². The molecule has 0 fully saturated rings. The molecule has 2 aromatic heterocycles. The number of pyridine rings is 1. The van der Waals surface area contributed by atoms with Crippen LogP contribution in [0.15, 0.2) is 18.3 Å². The van der Waals surface area contributed by atoms with Crippen molar-refractivity contribution in [2.45, 2.75) is 33.2 Å². The minimum atomic E-state index is 0.888. The molecule has 0 radical (unpaired) electrons. The first kappa shape index (κ1) is 13.2. The van der Waals surface area contributed by atoms with E-state index in [1.807, 2.05) is 19.3 Å². The molecule has 0 amide bonds. The van der Waals surface area contributed by atoms with Crippen LogP contribution in [-0.2, 0) is 13.0 Å². The van der Waals surface area contributed by atoms with Crippen LogP contribution in [0.3, 0.4) is 0 Å². The normalized spacial score (nSPS) is 10.8. The number of nitrogens with zero attached hydrogens (tertiary/aromatic N) is 2. The van der Waals surface area contributed by atoms with E-state index in [0.717, 1.165) is 30.1 Å². The highest BCUT2D eigenvalue weighted by Crippen LogP contribution is 2.27. The molecular formula is C14H19N3S. The van der Waals surface area contributed by atoms with Gasteiger partial charge in [-0.2, -0.15) is 0 Å². The Hall–Kier alpha value is -1.26. The van der Waals surface area contributed by atoms with Crippen LogP contribution in [0.4, 0.5) is 0 Å². The van der Waals surface area contributed by atoms with Crippen LogP contribution >= 0.6 is 11.3 Å². The van der Waals surface area contributed by atoms with Crippen LogP contribution in [0.5, 0.6) is 0 Å². The lowest BCUT2D eigenvalue weighted by Crippen LogP contribution is -2.05. The maximum absolute atomic E-state index is 4.75. The van der Waals surface area contributed by atoms with Crippen molar-refractivity contribution in [1.29, 1.82) is 0 Å². The molecule has 0 aromatic carbocycles. The molecule has 0 spiro atoms. The first-order valence-electron chi connectivity index (χ1n) is 6.30. The van der Waals surface area contributed by atoms with Gasteiger partial charge in [0.05, 0.1) is 11.4 Å². The molecule has 0 aliphatic carbocycles. The Kier molecular flexibility index (Phi) is 4.44. The smallest absolute Gasteiger partial charge is 0.142 e. The molecule has 0 saturated carbocycles. The molecule has 0 aliphatic heterocycles. The minimum absolute atomic E-state index is 0.888. The third kappa shape index (κ3) is 2.94. The summed E-state index contributed by atoms with van der Waals surface area (Å²) in [6.45, 7) is 5.16. The van der Waals surface area contributed by atoms with Gasteiger partial charge in [-0.05, 0) is 38.1 Å². The van der Waals surface area contributed by atoms with Gasteiger partial charge in [-0.1, -0.05) is 13.3 Å². The molecule has 0 unspecified atom stereocenters. The first-order valence-corrected chi connectivity index (χ1v) is 7.12. The Balaban J connectivity index is 2.36. The van der Waals surface area contributed by atoms with Gasteiger partial charge in [0.1, 0.15) is 5.01 Å². The lowest BCUT2D eigenvalue weighted by molar-refractivity contribution is 0.798. The highest BCUT2D eigenvalue weighted by molar-refractivity contribution is 7.15. The van der Waals surface area contributed by atoms with Gasteiger partial charge in [-0.15, -0.1) is 11.3 Å². The van der Waals surface area contributed by atoms with Gasteiger partial charge < -0.3 is 5.32 Å². The second-order valence-electron chi connectivity index (χ2n) is 4.39. The van der Waals surface area contributed by atoms with Crippen LogP contribution in [0.2, 0.25) is 0 Å². The average Bonchev–Trinajstić information content (AvgIpc) is 2.74. The van der Waals surface area contributed by atoms with E-state index in [9.17, 15) is 0 Å². The zero-order valence-corrected chi connectivity index (χ0v) is 12.0. The fourth-order valence-corrected chi connectivity index (χ4v) is 2.96. The first-order chi connectivity index (χ1) is 8.74. The molecule has 18 heavy (non-hydrogen) atoms. The van der Waals surface area contributed by atoms with E-state index in [4.69, 9.17) is 4.98 Å². The predicted molar refractivity (Wildman–Crippen MR) is 76.8 cm³/mol. The highest BCUT2D eigenvalue weighted by Gasteiger charge is 2.12. The summed E-state index contributed by atoms with van der Waals surface area (Å²) in [5, 5.41) is 4.24. The Labute approximate surface area is 112 Å². The quantitative estimate of drug-likeness (QED) is 0.898. The van der Waals surface area contributed by atoms with Crippen LogP contribution in [0.1, 0.15) is 29.5 Å². The van der Waals surface area contributed by atoms with Crippen molar-refractivity contribution >= 4 is 11.3 Å². The molecule has 0 aliphatic rings. The molecule has 0 atom stereocenters. The monoisotopic (exact) mass is 261 g/mol. The standard InChI is InChI=1S/C14H19N3S/c1-4-5-11-13(9-15-3)18-14(17-11)12-8-10(2)6-7-16-12/h6-8,15H,4-5,9H2,1-3H3. The summed E-state index contributed by atoms with van der Waals surface area (Å²) in [6.07, 6.45) is 4.02. The maximum atomic E-state index is 4.75. The number of thiazole rings is 1. The molecular weight excluding hydrogens is 242 g/mol. The Morgan fingerprint density at radius 2 is 2.22 bits per heavy atom. The van der Waals surface area contributed by atoms with E-state index >= 15 is 0 Å². The van der Waals surface area contributed by atoms with Crippen LogP contribution in [-0.4, -0.2) is 17.0 Å². The maximum Gasteiger partial charge on any atom is 0.142 e. The number of aromatic nitrogens is 2. The fourth-order valence-electron chi connectivity index (χ4n) is 1.88. The lowest BCUT2D eigenvalue weighted by Gasteiger charge is -1.98. The number of nitrogens with one attached hydrogen (secondary N) is 1. The van der Waals surface area contributed by atoms with Gasteiger partial charge in [0, 0.05) is 17.6 Å². The molecule has 0 bridgehead atoms. The average molecular weight is 261 g/mol. The fraction of sp³-hybridized carbons (Fsp3) is 0.429. The summed E-state index contributed by atoms with van der Waals surface area (Å²) < 4.78 is 0. The van der Waals surface area contributed by atoms with E-state index in [2.05, 4.69) is 30.2 Å². The van der Waals surface area contributed by atoms with Gasteiger partial charge in [0.15, 0.2) is 0 Å². The van der Waals surface area contributed by atoms with Crippen molar-refractivity contribution in [1.82, 2.24) is 15.3 Å². The molecule has 2 aromatic rings. The molecule has 2 heterocycles. The summed E-state index contributed by atoms with van der Waals surface area (Å²) in [4.78, 5) is 10.5. The molecule has 1 N–H and O–H groups in total. The van der Waals surface area contributed by atoms with E-state index < -0.39 is 0 Å². The largest absolute Gasteiger partial charge is 0.315 e. The SMILES string of the molecule is CCCc1nc(-c2cc(C)ccn2)sc1CNC. The predicted octanol–water partition coefficient (Wildman–Crippen LogP) is 3.19. The van der Waals surface area contributed by atoms with E-state index in [1.54, 1.807) is 11.3 Å². The Morgan fingerprint density at radius 1 is 1.39 bits per heavy atom. The summed E-state index contributed by atoms with van der Waals surface area (Å²) in [5.74, 6) is 0. The summed E-state index contributed by atoms with van der Waals surface area (Å²) >= 11 is 1.75. The topological polar surface area (TPSA) is 37.8 Å². The molecule has 3 nitrogen and oxygen atoms in total. The van der Waals surface area contributed by atoms with Crippen molar-refractivity contribution in [3.63, 3.8) is 0 Å². The van der Waals surface area contributed by atoms with Gasteiger partial charge in [-0.25, -0.2) is 4.98 Å². The number of rotatable bonds is 5. The lowest BCUT2D eigenvalue weighted by atomic mass is 10.2. The third-order valence-electron chi connectivity index (χ3n) is 2.74. The zero-order chi connectivity index (χ0) is 13.0. The Bertz CT molecular complexity index is 496. The van der Waals surface area contributed by atoms with Crippen LogP contribution in [0, 0.1) is 6.92 Å². The third-order valence-corrected chi connectivity index (χ3v) is 3.86. The number of hydrogen-bond donors (Lipinski definition) is 1. The second kappa shape index (κ2) is 6.07. The van der Waals surface area contributed by atoms with Crippen molar-refractivity contribution in [3.8, 4) is 10.7 Å². The Morgan fingerprint density at radius 3 is 2.89 bits per heavy atom. The second-order valence-corrected chi connectivity index (χ2v) is 5.47. The van der Waals surface area contributed by atoms with E-state index in [0.29, 0.717) is 0 Å². The van der Waals surface area contributed by atoms with Crippen molar-refractivity contribution in [2.24, 2.45) is 0 Å². The number of hydrogen-bond acceptors (Lipinski definition) is 4. The van der Waals surface area contributed by atoms with Crippen LogP contribution < -0.4 is 5.32 Å². The molecule has 96 valence electrons. The summed E-state index contributed by atoms with van der Waals surface area (Å²) in [6, 6.07) is 4.11. The van der Waals surface area contributed by atoms with Crippen molar-refractivity contribution in [2.75, 3.05) is 7.05 Å². The van der Waals surface area contributed by atoms with Crippen LogP contribution in [0.25, 0.3) is 10.7 Å². The zero-order valence-electron chi connectivity index (χ0n) is 11.2.